The fraction of sp³-hybridized carbons (Fsp3) is 0.143. The fourth-order valence-corrected chi connectivity index (χ4v) is 1.74. The van der Waals surface area contributed by atoms with Gasteiger partial charge in [-0.15, -0.1) is 0 Å². The van der Waals surface area contributed by atoms with E-state index < -0.39 is 0 Å². The molecule has 1 aromatic carbocycles. The summed E-state index contributed by atoms with van der Waals surface area (Å²) in [5.41, 5.74) is 2.42. The number of nitrogens with zero attached hydrogens (tertiary/aromatic N) is 1. The summed E-state index contributed by atoms with van der Waals surface area (Å²) in [4.78, 5) is 16.0. The number of carbonyl (C=O) groups excluding carboxylic acids is 1. The van der Waals surface area contributed by atoms with E-state index in [0.717, 1.165) is 5.56 Å². The van der Waals surface area contributed by atoms with Gasteiger partial charge in [-0.1, -0.05) is 17.7 Å². The number of aryl methyl sites for hydroxylation is 2. The van der Waals surface area contributed by atoms with E-state index in [1.165, 1.54) is 6.07 Å². The van der Waals surface area contributed by atoms with Gasteiger partial charge in [0.25, 0.3) is 5.91 Å². The first-order chi connectivity index (χ1) is 8.97. The van der Waals surface area contributed by atoms with E-state index in [4.69, 9.17) is 11.6 Å². The first-order valence-corrected chi connectivity index (χ1v) is 6.08. The largest absolute Gasteiger partial charge is 0.508 e. The first kappa shape index (κ1) is 13.4. The second kappa shape index (κ2) is 5.28. The van der Waals surface area contributed by atoms with Gasteiger partial charge in [0.05, 0.1) is 5.69 Å². The molecule has 5 heteroatoms. The Morgan fingerprint density at radius 3 is 2.74 bits per heavy atom. The Morgan fingerprint density at radius 2 is 2.05 bits per heavy atom. The molecule has 0 fully saturated rings. The Bertz CT molecular complexity index is 641. The van der Waals surface area contributed by atoms with Crippen LogP contribution >= 0.6 is 11.6 Å². The van der Waals surface area contributed by atoms with E-state index in [2.05, 4.69) is 10.3 Å². The number of phenolic OH excluding ortho intramolecular Hbond substituents is 1. The van der Waals surface area contributed by atoms with Gasteiger partial charge in [-0.3, -0.25) is 4.79 Å². The van der Waals surface area contributed by atoms with Crippen LogP contribution in [0.1, 0.15) is 21.5 Å². The van der Waals surface area contributed by atoms with Crippen molar-refractivity contribution in [1.82, 2.24) is 4.98 Å². The number of pyridine rings is 1. The maximum atomic E-state index is 12.0. The molecule has 0 saturated heterocycles. The molecule has 0 aliphatic rings. The second-order valence-electron chi connectivity index (χ2n) is 4.31. The Balaban J connectivity index is 2.25. The normalized spacial score (nSPS) is 10.3. The van der Waals surface area contributed by atoms with Crippen LogP contribution in [0.3, 0.4) is 0 Å². The van der Waals surface area contributed by atoms with Gasteiger partial charge in [-0.25, -0.2) is 4.98 Å². The minimum Gasteiger partial charge on any atom is -0.508 e. The zero-order valence-electron chi connectivity index (χ0n) is 10.6. The topological polar surface area (TPSA) is 62.2 Å². The lowest BCUT2D eigenvalue weighted by molar-refractivity contribution is 0.102. The Hall–Kier alpha value is -2.07. The Kier molecular flexibility index (Phi) is 3.71. The zero-order valence-corrected chi connectivity index (χ0v) is 11.3. The highest BCUT2D eigenvalue weighted by Gasteiger charge is 2.10. The highest BCUT2D eigenvalue weighted by molar-refractivity contribution is 6.32. The van der Waals surface area contributed by atoms with E-state index in [0.29, 0.717) is 16.8 Å². The summed E-state index contributed by atoms with van der Waals surface area (Å²) in [5.74, 6) is -0.259. The van der Waals surface area contributed by atoms with Crippen LogP contribution in [0.5, 0.6) is 5.75 Å². The number of aromatic nitrogens is 1. The van der Waals surface area contributed by atoms with Gasteiger partial charge in [0.15, 0.2) is 5.15 Å². The predicted molar refractivity (Wildman–Crippen MR) is 74.8 cm³/mol. The molecule has 1 heterocycles. The maximum Gasteiger partial charge on any atom is 0.255 e. The van der Waals surface area contributed by atoms with E-state index in [1.54, 1.807) is 31.3 Å². The third-order valence-corrected chi connectivity index (χ3v) is 3.00. The van der Waals surface area contributed by atoms with Gasteiger partial charge in [-0.05, 0) is 43.2 Å². The molecular formula is C14H13ClN2O2. The van der Waals surface area contributed by atoms with Crippen molar-refractivity contribution in [3.8, 4) is 5.75 Å². The van der Waals surface area contributed by atoms with Crippen LogP contribution in [-0.4, -0.2) is 16.0 Å². The zero-order chi connectivity index (χ0) is 14.0. The molecule has 0 bridgehead atoms. The molecule has 1 aromatic heterocycles. The van der Waals surface area contributed by atoms with Crippen molar-refractivity contribution in [3.05, 3.63) is 52.3 Å². The average Bonchev–Trinajstić information content (AvgIpc) is 2.37. The number of hydrogen-bond donors (Lipinski definition) is 2. The molecule has 4 nitrogen and oxygen atoms in total. The SMILES string of the molecule is Cc1cnc(Cl)c(NC(=O)c2ccc(C)c(O)c2)c1. The van der Waals surface area contributed by atoms with E-state index >= 15 is 0 Å². The van der Waals surface area contributed by atoms with Gasteiger partial charge in [-0.2, -0.15) is 0 Å². The van der Waals surface area contributed by atoms with Crippen molar-refractivity contribution < 1.29 is 9.90 Å². The standard InChI is InChI=1S/C14H13ClN2O2/c1-8-5-11(13(15)16-7-8)17-14(19)10-4-3-9(2)12(18)6-10/h3-7,18H,1-2H3,(H,17,19). The average molecular weight is 277 g/mol. The van der Waals surface area contributed by atoms with E-state index in [9.17, 15) is 9.90 Å². The van der Waals surface area contributed by atoms with Gasteiger partial charge in [0.2, 0.25) is 0 Å². The molecule has 0 radical (unpaired) electrons. The minimum atomic E-state index is -0.343. The second-order valence-corrected chi connectivity index (χ2v) is 4.66. The molecule has 0 atom stereocenters. The highest BCUT2D eigenvalue weighted by atomic mass is 35.5. The van der Waals surface area contributed by atoms with Gasteiger partial charge >= 0.3 is 0 Å². The van der Waals surface area contributed by atoms with Gasteiger partial charge < -0.3 is 10.4 Å². The van der Waals surface area contributed by atoms with E-state index in [1.807, 2.05) is 6.92 Å². The molecule has 0 saturated carbocycles. The van der Waals surface area contributed by atoms with Crippen molar-refractivity contribution in [2.75, 3.05) is 5.32 Å². The molecule has 0 spiro atoms. The summed E-state index contributed by atoms with van der Waals surface area (Å²) in [6, 6.07) is 6.48. The third-order valence-electron chi connectivity index (χ3n) is 2.70. The van der Waals surface area contributed by atoms with E-state index in [-0.39, 0.29) is 16.8 Å². The lowest BCUT2D eigenvalue weighted by Gasteiger charge is -2.08. The highest BCUT2D eigenvalue weighted by Crippen LogP contribution is 2.22. The Morgan fingerprint density at radius 1 is 1.32 bits per heavy atom. The van der Waals surface area contributed by atoms with Crippen LogP contribution in [0.15, 0.2) is 30.5 Å². The van der Waals surface area contributed by atoms with Crippen LogP contribution < -0.4 is 5.32 Å². The van der Waals surface area contributed by atoms with Crippen LogP contribution in [0.25, 0.3) is 0 Å². The molecule has 0 aliphatic carbocycles. The molecule has 19 heavy (non-hydrogen) atoms. The monoisotopic (exact) mass is 276 g/mol. The quantitative estimate of drug-likeness (QED) is 0.827. The lowest BCUT2D eigenvalue weighted by Crippen LogP contribution is -2.12. The Labute approximate surface area is 116 Å². The number of nitrogens with one attached hydrogen (secondary N) is 1. The lowest BCUT2D eigenvalue weighted by atomic mass is 10.1. The number of anilines is 1. The molecule has 2 N–H and O–H groups in total. The molecule has 2 rings (SSSR count). The van der Waals surface area contributed by atoms with Crippen LogP contribution in [0, 0.1) is 13.8 Å². The molecule has 2 aromatic rings. The number of hydrogen-bond acceptors (Lipinski definition) is 3. The van der Waals surface area contributed by atoms with Gasteiger partial charge in [0.1, 0.15) is 5.75 Å². The number of phenols is 1. The first-order valence-electron chi connectivity index (χ1n) is 5.70. The number of benzene rings is 1. The summed E-state index contributed by atoms with van der Waals surface area (Å²) >= 11 is 5.91. The van der Waals surface area contributed by atoms with Crippen LogP contribution in [-0.2, 0) is 0 Å². The van der Waals surface area contributed by atoms with Crippen LogP contribution in [0.4, 0.5) is 5.69 Å². The summed E-state index contributed by atoms with van der Waals surface area (Å²) in [7, 11) is 0. The molecule has 0 unspecified atom stereocenters. The number of rotatable bonds is 2. The predicted octanol–water partition coefficient (Wildman–Crippen LogP) is 3.31. The maximum absolute atomic E-state index is 12.0. The number of carbonyl (C=O) groups is 1. The van der Waals surface area contributed by atoms with Crippen molar-refractivity contribution >= 4 is 23.2 Å². The molecular weight excluding hydrogens is 264 g/mol. The number of amides is 1. The smallest absolute Gasteiger partial charge is 0.255 e. The van der Waals surface area contributed by atoms with Crippen LogP contribution in [0.2, 0.25) is 5.15 Å². The van der Waals surface area contributed by atoms with Crippen molar-refractivity contribution in [1.29, 1.82) is 0 Å². The molecule has 1 amide bonds. The summed E-state index contributed by atoms with van der Waals surface area (Å²) < 4.78 is 0. The number of halogens is 1. The summed E-state index contributed by atoms with van der Waals surface area (Å²) in [6.07, 6.45) is 1.62. The van der Waals surface area contributed by atoms with Crippen molar-refractivity contribution in [2.24, 2.45) is 0 Å². The fourth-order valence-electron chi connectivity index (χ4n) is 1.59. The third kappa shape index (κ3) is 3.03. The number of aromatic hydroxyl groups is 1. The summed E-state index contributed by atoms with van der Waals surface area (Å²) in [6.45, 7) is 3.62. The van der Waals surface area contributed by atoms with Crippen molar-refractivity contribution in [3.63, 3.8) is 0 Å². The minimum absolute atomic E-state index is 0.0844. The molecule has 0 aliphatic heterocycles. The van der Waals surface area contributed by atoms with Crippen molar-refractivity contribution in [2.45, 2.75) is 13.8 Å². The molecule has 98 valence electrons. The summed E-state index contributed by atoms with van der Waals surface area (Å²) in [5, 5.41) is 12.5. The van der Waals surface area contributed by atoms with Gasteiger partial charge in [0, 0.05) is 11.8 Å².